The number of alkyl carbamates (subject to hydrolysis) is 1. The second kappa shape index (κ2) is 20.6. The number of anilines is 1. The Kier molecular flexibility index (Phi) is 15.1. The number of H-pyrrole nitrogens is 1. The van der Waals surface area contributed by atoms with Crippen LogP contribution in [0.15, 0.2) is 79.0 Å². The van der Waals surface area contributed by atoms with Gasteiger partial charge in [0.15, 0.2) is 11.5 Å². The van der Waals surface area contributed by atoms with Crippen molar-refractivity contribution in [2.24, 2.45) is 0 Å². The summed E-state index contributed by atoms with van der Waals surface area (Å²) >= 11 is 0. The van der Waals surface area contributed by atoms with Crippen LogP contribution in [-0.2, 0) is 36.8 Å². The van der Waals surface area contributed by atoms with Gasteiger partial charge < -0.3 is 56.2 Å². The van der Waals surface area contributed by atoms with Crippen molar-refractivity contribution in [1.29, 1.82) is 0 Å². The van der Waals surface area contributed by atoms with E-state index in [-0.39, 0.29) is 32.7 Å². The number of carbonyl (C=O) groups is 6. The molecule has 1 aliphatic rings. The molecule has 0 unspecified atom stereocenters. The van der Waals surface area contributed by atoms with E-state index in [2.05, 4.69) is 36.9 Å². The van der Waals surface area contributed by atoms with Gasteiger partial charge in [0.1, 0.15) is 23.7 Å². The van der Waals surface area contributed by atoms with Crippen molar-refractivity contribution in [1.82, 2.24) is 31.6 Å². The van der Waals surface area contributed by atoms with Crippen molar-refractivity contribution in [3.63, 3.8) is 0 Å². The largest absolute Gasteiger partial charge is 0.481 e. The molecule has 5 rings (SSSR count). The van der Waals surface area contributed by atoms with Crippen LogP contribution in [-0.4, -0.2) is 89.5 Å². The summed E-state index contributed by atoms with van der Waals surface area (Å²) in [5.74, 6) is -2.41. The summed E-state index contributed by atoms with van der Waals surface area (Å²) in [5.41, 5.74) is 2.12. The summed E-state index contributed by atoms with van der Waals surface area (Å²) in [4.78, 5) is 81.8. The molecule has 3 aromatic carbocycles. The lowest BCUT2D eigenvalue weighted by molar-refractivity contribution is -0.141. The van der Waals surface area contributed by atoms with Crippen molar-refractivity contribution >= 4 is 52.4 Å². The Hall–Kier alpha value is -6.78. The highest BCUT2D eigenvalue weighted by atomic mass is 16.7. The molecule has 1 aliphatic heterocycles. The number of amides is 6. The van der Waals surface area contributed by atoms with Gasteiger partial charge >= 0.3 is 18.1 Å². The van der Waals surface area contributed by atoms with Gasteiger partial charge in [-0.05, 0) is 87.9 Å². The minimum absolute atomic E-state index is 0.0251. The van der Waals surface area contributed by atoms with Crippen LogP contribution in [0.2, 0.25) is 0 Å². The van der Waals surface area contributed by atoms with Gasteiger partial charge in [0.25, 0.3) is 0 Å². The van der Waals surface area contributed by atoms with Crippen LogP contribution in [0.25, 0.3) is 10.9 Å². The maximum absolute atomic E-state index is 14.1. The van der Waals surface area contributed by atoms with Gasteiger partial charge in [-0.1, -0.05) is 42.5 Å². The SMILES string of the molecule is CC(C)(C)OC(=O)N[C@@H](Cc1c[nH]c2ccccc12)C(=O)N[C@@H](CCCCNC(=O)Nc1ccccc1)C(=O)N[C@@H](CC(=O)O)C(=O)NCCc1ccc2c(c1)OCO2. The number of benzene rings is 3. The van der Waals surface area contributed by atoms with E-state index in [1.165, 1.54) is 0 Å². The van der Waals surface area contributed by atoms with E-state index >= 15 is 0 Å². The zero-order chi connectivity index (χ0) is 42.4. The molecule has 17 nitrogen and oxygen atoms in total. The number of aliphatic carboxylic acids is 1. The Morgan fingerprint density at radius 2 is 1.49 bits per heavy atom. The molecule has 1 aromatic heterocycles. The van der Waals surface area contributed by atoms with Crippen molar-refractivity contribution < 1.29 is 48.1 Å². The van der Waals surface area contributed by atoms with Gasteiger partial charge in [-0.3, -0.25) is 19.2 Å². The first-order chi connectivity index (χ1) is 28.2. The number of para-hydroxylation sites is 2. The Morgan fingerprint density at radius 3 is 2.25 bits per heavy atom. The first-order valence-electron chi connectivity index (χ1n) is 19.4. The average molecular weight is 814 g/mol. The topological polar surface area (TPSA) is 238 Å². The molecule has 314 valence electrons. The third-order valence-corrected chi connectivity index (χ3v) is 9.14. The molecule has 59 heavy (non-hydrogen) atoms. The molecule has 2 heterocycles. The zero-order valence-corrected chi connectivity index (χ0v) is 33.2. The minimum Gasteiger partial charge on any atom is -0.481 e. The lowest BCUT2D eigenvalue weighted by Gasteiger charge is -2.26. The fraction of sp³-hybridized carbons (Fsp3) is 0.381. The lowest BCUT2D eigenvalue weighted by Crippen LogP contribution is -2.57. The number of carbonyl (C=O) groups excluding carboxylic acids is 5. The van der Waals surface area contributed by atoms with Crippen LogP contribution in [0.3, 0.4) is 0 Å². The summed E-state index contributed by atoms with van der Waals surface area (Å²) in [6.45, 7) is 5.52. The third-order valence-electron chi connectivity index (χ3n) is 9.14. The van der Waals surface area contributed by atoms with Crippen molar-refractivity contribution in [3.05, 3.63) is 90.1 Å². The number of rotatable bonds is 19. The number of carboxylic acids is 1. The van der Waals surface area contributed by atoms with E-state index < -0.39 is 66.0 Å². The number of nitrogens with one attached hydrogen (secondary N) is 7. The second-order valence-corrected chi connectivity index (χ2v) is 15.0. The van der Waals surface area contributed by atoms with Crippen LogP contribution < -0.4 is 41.4 Å². The Morgan fingerprint density at radius 1 is 0.780 bits per heavy atom. The predicted octanol–water partition coefficient (Wildman–Crippen LogP) is 4.13. The number of unbranched alkanes of at least 4 members (excludes halogenated alkanes) is 1. The Bertz CT molecular complexity index is 2100. The molecule has 0 saturated heterocycles. The fourth-order valence-electron chi connectivity index (χ4n) is 6.30. The second-order valence-electron chi connectivity index (χ2n) is 15.0. The highest BCUT2D eigenvalue weighted by Crippen LogP contribution is 2.32. The number of aromatic amines is 1. The van der Waals surface area contributed by atoms with E-state index in [1.807, 2.05) is 36.4 Å². The molecular formula is C42H51N7O10. The van der Waals surface area contributed by atoms with E-state index in [0.29, 0.717) is 36.4 Å². The normalized spacial score (nSPS) is 13.3. The molecule has 0 radical (unpaired) electrons. The van der Waals surface area contributed by atoms with Crippen molar-refractivity contribution in [2.45, 2.75) is 83.0 Å². The van der Waals surface area contributed by atoms with Crippen LogP contribution in [0.1, 0.15) is 57.6 Å². The summed E-state index contributed by atoms with van der Waals surface area (Å²) in [5, 5.41) is 26.6. The Labute approximate surface area is 341 Å². The van der Waals surface area contributed by atoms with Gasteiger partial charge in [-0.25, -0.2) is 9.59 Å². The summed E-state index contributed by atoms with van der Waals surface area (Å²) < 4.78 is 16.2. The van der Waals surface area contributed by atoms with Gasteiger partial charge in [0, 0.05) is 42.3 Å². The zero-order valence-electron chi connectivity index (χ0n) is 33.2. The molecule has 0 aliphatic carbocycles. The van der Waals surface area contributed by atoms with E-state index in [4.69, 9.17) is 14.2 Å². The number of fused-ring (bicyclic) bond motifs is 2. The molecule has 8 N–H and O–H groups in total. The van der Waals surface area contributed by atoms with Crippen LogP contribution in [0.4, 0.5) is 15.3 Å². The summed E-state index contributed by atoms with van der Waals surface area (Å²) in [6.07, 6.45) is 1.32. The number of hydrogen-bond donors (Lipinski definition) is 8. The van der Waals surface area contributed by atoms with Crippen molar-refractivity contribution in [2.75, 3.05) is 25.2 Å². The molecule has 0 fully saturated rings. The molecule has 6 amide bonds. The standard InChI is InChI=1S/C42H51N7O10/c1-42(2,3)59-41(56)49-32(22-27-24-45-30-14-8-7-13-29(27)30)39(54)47-31(15-9-10-19-44-40(55)46-28-11-5-4-6-12-28)38(53)48-33(23-36(50)51)37(52)43-20-18-26-16-17-34-35(21-26)58-25-57-34/h4-8,11-14,16-17,21,24,31-33,45H,9-10,15,18-20,22-23,25H2,1-3H3,(H,43,52)(H,47,54)(H,48,53)(H,49,56)(H,50,51)(H2,44,46,55)/t31-,32-,33-/m0/s1. The highest BCUT2D eigenvalue weighted by molar-refractivity contribution is 5.95. The Balaban J connectivity index is 1.28. The number of urea groups is 1. The summed E-state index contributed by atoms with van der Waals surface area (Å²) in [7, 11) is 0. The van der Waals surface area contributed by atoms with E-state index in [0.717, 1.165) is 22.0 Å². The molecular weight excluding hydrogens is 763 g/mol. The molecule has 4 aromatic rings. The minimum atomic E-state index is -1.48. The molecule has 3 atom stereocenters. The van der Waals surface area contributed by atoms with E-state index in [1.54, 1.807) is 63.4 Å². The van der Waals surface area contributed by atoms with Gasteiger partial charge in [0.05, 0.1) is 6.42 Å². The maximum atomic E-state index is 14.1. The number of carboxylic acid groups (broad SMARTS) is 1. The first kappa shape index (κ1) is 43.3. The van der Waals surface area contributed by atoms with Gasteiger partial charge in [0.2, 0.25) is 24.5 Å². The van der Waals surface area contributed by atoms with Crippen LogP contribution in [0, 0.1) is 0 Å². The first-order valence-corrected chi connectivity index (χ1v) is 19.4. The van der Waals surface area contributed by atoms with Gasteiger partial charge in [-0.15, -0.1) is 0 Å². The lowest BCUT2D eigenvalue weighted by atomic mass is 10.0. The maximum Gasteiger partial charge on any atom is 0.408 e. The van der Waals surface area contributed by atoms with E-state index in [9.17, 15) is 33.9 Å². The smallest absolute Gasteiger partial charge is 0.408 e. The van der Waals surface area contributed by atoms with Crippen molar-refractivity contribution in [3.8, 4) is 11.5 Å². The summed E-state index contributed by atoms with van der Waals surface area (Å²) in [6, 6.07) is 17.3. The van der Waals surface area contributed by atoms with Crippen LogP contribution >= 0.6 is 0 Å². The predicted molar refractivity (Wildman–Crippen MR) is 218 cm³/mol. The average Bonchev–Trinajstić information content (AvgIpc) is 3.83. The number of aromatic nitrogens is 1. The molecule has 0 saturated carbocycles. The van der Waals surface area contributed by atoms with Gasteiger partial charge in [-0.2, -0.15) is 0 Å². The fourth-order valence-corrected chi connectivity index (χ4v) is 6.30. The number of ether oxygens (including phenoxy) is 3. The number of hydrogen-bond acceptors (Lipinski definition) is 9. The highest BCUT2D eigenvalue weighted by Gasteiger charge is 2.32. The molecule has 17 heteroatoms. The molecule has 0 bridgehead atoms. The third kappa shape index (κ3) is 13.7. The quantitative estimate of drug-likeness (QED) is 0.0630. The monoisotopic (exact) mass is 813 g/mol. The molecule has 0 spiro atoms. The van der Waals surface area contributed by atoms with Crippen LogP contribution in [0.5, 0.6) is 11.5 Å².